The fourth-order valence-electron chi connectivity index (χ4n) is 3.40. The highest BCUT2D eigenvalue weighted by molar-refractivity contribution is 7.09. The number of nitrogen functional groups attached to an aromatic ring is 1. The molecule has 3 amide bonds. The van der Waals surface area contributed by atoms with Gasteiger partial charge in [-0.1, -0.05) is 12.1 Å². The fraction of sp³-hybridized carbons (Fsp3) is 0.208. The lowest BCUT2D eigenvalue weighted by molar-refractivity contribution is -0.143. The molecular weight excluding hydrogens is 505 g/mol. The van der Waals surface area contributed by atoms with Crippen LogP contribution >= 0.6 is 11.5 Å². The number of anilines is 2. The van der Waals surface area contributed by atoms with E-state index in [1.165, 1.54) is 31.4 Å². The predicted molar refractivity (Wildman–Crippen MR) is 134 cm³/mol. The molecule has 1 aromatic heterocycles. The van der Waals surface area contributed by atoms with Gasteiger partial charge in [-0.2, -0.15) is 4.37 Å². The standard InChI is InChI=1S/C24H24FN5O6S/c1-3-36-17(31)12-28-23(33)20(13-4-6-14(25)7-5-13)30(15-8-10-16(35-2)11-9-15)24(34)21-18(26)19(22(27)32)29-37-21/h4-11,20H,3,12,26H2,1-2H3,(H2,27,32)(H,28,33)/t20-/m1/s1. The largest absolute Gasteiger partial charge is 0.497 e. The van der Waals surface area contributed by atoms with Gasteiger partial charge in [-0.25, -0.2) is 4.39 Å². The summed E-state index contributed by atoms with van der Waals surface area (Å²) in [6.07, 6.45) is 0. The highest BCUT2D eigenvalue weighted by Gasteiger charge is 2.36. The number of carbonyl (C=O) groups excluding carboxylic acids is 4. The van der Waals surface area contributed by atoms with E-state index in [4.69, 9.17) is 20.9 Å². The Balaban J connectivity index is 2.15. The molecule has 0 saturated heterocycles. The topological polar surface area (TPSA) is 167 Å². The molecule has 0 saturated carbocycles. The van der Waals surface area contributed by atoms with Crippen LogP contribution in [0.3, 0.4) is 0 Å². The minimum atomic E-state index is -1.39. The van der Waals surface area contributed by atoms with Crippen LogP contribution in [0, 0.1) is 5.82 Å². The molecule has 0 aliphatic heterocycles. The second kappa shape index (κ2) is 11.9. The molecule has 0 radical (unpaired) electrons. The number of carbonyl (C=O) groups is 4. The first-order chi connectivity index (χ1) is 17.7. The minimum absolute atomic E-state index is 0.111. The van der Waals surface area contributed by atoms with Gasteiger partial charge in [-0.15, -0.1) is 0 Å². The fourth-order valence-corrected chi connectivity index (χ4v) is 4.14. The van der Waals surface area contributed by atoms with E-state index < -0.39 is 42.1 Å². The van der Waals surface area contributed by atoms with Gasteiger partial charge < -0.3 is 26.3 Å². The van der Waals surface area contributed by atoms with Crippen molar-refractivity contribution in [2.45, 2.75) is 13.0 Å². The highest BCUT2D eigenvalue weighted by atomic mass is 32.1. The first kappa shape index (κ1) is 27.1. The Kier molecular flexibility index (Phi) is 8.74. The molecule has 3 rings (SSSR count). The van der Waals surface area contributed by atoms with Crippen molar-refractivity contribution in [3.8, 4) is 5.75 Å². The smallest absolute Gasteiger partial charge is 0.325 e. The Labute approximate surface area is 215 Å². The van der Waals surface area contributed by atoms with Gasteiger partial charge in [0.1, 0.15) is 29.0 Å². The number of benzene rings is 2. The van der Waals surface area contributed by atoms with Crippen LogP contribution in [0.2, 0.25) is 0 Å². The third-order valence-electron chi connectivity index (χ3n) is 5.13. The monoisotopic (exact) mass is 529 g/mol. The third kappa shape index (κ3) is 6.19. The lowest BCUT2D eigenvalue weighted by Crippen LogP contribution is -2.45. The first-order valence-electron chi connectivity index (χ1n) is 10.9. The van der Waals surface area contributed by atoms with Crippen LogP contribution in [0.15, 0.2) is 48.5 Å². The van der Waals surface area contributed by atoms with Gasteiger partial charge in [0.25, 0.3) is 11.8 Å². The van der Waals surface area contributed by atoms with Crippen molar-refractivity contribution in [3.05, 3.63) is 70.5 Å². The summed E-state index contributed by atoms with van der Waals surface area (Å²) < 4.78 is 27.6. The Morgan fingerprint density at radius 3 is 2.30 bits per heavy atom. The number of rotatable bonds is 10. The summed E-state index contributed by atoms with van der Waals surface area (Å²) in [5, 5.41) is 2.45. The van der Waals surface area contributed by atoms with Gasteiger partial charge in [0.2, 0.25) is 5.91 Å². The summed E-state index contributed by atoms with van der Waals surface area (Å²) >= 11 is 0.637. The molecule has 194 valence electrons. The summed E-state index contributed by atoms with van der Waals surface area (Å²) in [4.78, 5) is 51.8. The summed E-state index contributed by atoms with van der Waals surface area (Å²) in [5.41, 5.74) is 11.2. The molecule has 3 aromatic rings. The highest BCUT2D eigenvalue weighted by Crippen LogP contribution is 2.34. The quantitative estimate of drug-likeness (QED) is 0.335. The molecule has 1 heterocycles. The number of nitrogens with zero attached hydrogens (tertiary/aromatic N) is 2. The van der Waals surface area contributed by atoms with Crippen LogP contribution < -0.4 is 26.4 Å². The summed E-state index contributed by atoms with van der Waals surface area (Å²) in [6, 6.07) is 9.72. The van der Waals surface area contributed by atoms with Crippen molar-refractivity contribution in [1.29, 1.82) is 0 Å². The summed E-state index contributed by atoms with van der Waals surface area (Å²) in [5.74, 6) is -3.24. The molecule has 37 heavy (non-hydrogen) atoms. The molecule has 0 spiro atoms. The van der Waals surface area contributed by atoms with Crippen molar-refractivity contribution in [2.24, 2.45) is 5.73 Å². The minimum Gasteiger partial charge on any atom is -0.497 e. The number of primary amides is 1. The SMILES string of the molecule is CCOC(=O)CNC(=O)[C@@H](c1ccc(F)cc1)N(C(=O)c1snc(C(N)=O)c1N)c1ccc(OC)cc1. The molecular formula is C24H24FN5O6S. The Morgan fingerprint density at radius 1 is 1.11 bits per heavy atom. The Bertz CT molecular complexity index is 1300. The number of ether oxygens (including phenoxy) is 2. The van der Waals surface area contributed by atoms with E-state index in [0.29, 0.717) is 17.3 Å². The number of nitrogens with two attached hydrogens (primary N) is 2. The van der Waals surface area contributed by atoms with Gasteiger partial charge in [0.05, 0.1) is 19.4 Å². The first-order valence-corrected chi connectivity index (χ1v) is 11.7. The Morgan fingerprint density at radius 2 is 1.76 bits per heavy atom. The number of esters is 1. The summed E-state index contributed by atoms with van der Waals surface area (Å²) in [6.45, 7) is 1.26. The van der Waals surface area contributed by atoms with E-state index in [1.807, 2.05) is 0 Å². The van der Waals surface area contributed by atoms with Gasteiger partial charge >= 0.3 is 5.97 Å². The number of aromatic nitrogens is 1. The molecule has 11 nitrogen and oxygen atoms in total. The number of methoxy groups -OCH3 is 1. The van der Waals surface area contributed by atoms with Crippen LogP contribution in [0.25, 0.3) is 0 Å². The third-order valence-corrected chi connectivity index (χ3v) is 5.98. The van der Waals surface area contributed by atoms with Crippen molar-refractivity contribution in [3.63, 3.8) is 0 Å². The van der Waals surface area contributed by atoms with Crippen LogP contribution in [0.1, 0.15) is 38.7 Å². The van der Waals surface area contributed by atoms with Crippen LogP contribution in [0.5, 0.6) is 5.75 Å². The molecule has 0 bridgehead atoms. The van der Waals surface area contributed by atoms with Crippen molar-refractivity contribution < 1.29 is 33.0 Å². The molecule has 2 aromatic carbocycles. The maximum absolute atomic E-state index is 13.9. The number of halogens is 1. The number of hydrogen-bond donors (Lipinski definition) is 3. The Hall–Kier alpha value is -4.52. The molecule has 0 fully saturated rings. The van der Waals surface area contributed by atoms with E-state index in [-0.39, 0.29) is 34.1 Å². The predicted octanol–water partition coefficient (Wildman–Crippen LogP) is 2.04. The average Bonchev–Trinajstić information content (AvgIpc) is 3.28. The maximum Gasteiger partial charge on any atom is 0.325 e. The van der Waals surface area contributed by atoms with Crippen LogP contribution in [-0.4, -0.2) is 48.3 Å². The lowest BCUT2D eigenvalue weighted by atomic mass is 10.0. The van der Waals surface area contributed by atoms with Crippen molar-refractivity contribution in [1.82, 2.24) is 9.69 Å². The van der Waals surface area contributed by atoms with Crippen LogP contribution in [-0.2, 0) is 14.3 Å². The molecule has 1 atom stereocenters. The van der Waals surface area contributed by atoms with E-state index in [2.05, 4.69) is 9.69 Å². The van der Waals surface area contributed by atoms with E-state index in [1.54, 1.807) is 19.1 Å². The zero-order valence-electron chi connectivity index (χ0n) is 19.9. The van der Waals surface area contributed by atoms with Gasteiger partial charge in [-0.3, -0.25) is 24.1 Å². The second-order valence-corrected chi connectivity index (χ2v) is 8.26. The number of nitrogens with one attached hydrogen (secondary N) is 1. The molecule has 0 aliphatic rings. The molecule has 13 heteroatoms. The maximum atomic E-state index is 13.9. The molecule has 0 unspecified atom stereocenters. The molecule has 5 N–H and O–H groups in total. The van der Waals surface area contributed by atoms with E-state index in [9.17, 15) is 23.6 Å². The van der Waals surface area contributed by atoms with Gasteiger partial charge in [0.15, 0.2) is 5.69 Å². The lowest BCUT2D eigenvalue weighted by Gasteiger charge is -2.31. The second-order valence-electron chi connectivity index (χ2n) is 7.49. The zero-order valence-corrected chi connectivity index (χ0v) is 20.7. The van der Waals surface area contributed by atoms with Crippen LogP contribution in [0.4, 0.5) is 15.8 Å². The number of amides is 3. The van der Waals surface area contributed by atoms with E-state index in [0.717, 1.165) is 17.0 Å². The zero-order chi connectivity index (χ0) is 27.1. The van der Waals surface area contributed by atoms with Crippen molar-refractivity contribution in [2.75, 3.05) is 30.9 Å². The van der Waals surface area contributed by atoms with Gasteiger partial charge in [-0.05, 0) is 60.4 Å². The average molecular weight is 530 g/mol. The summed E-state index contributed by atoms with van der Waals surface area (Å²) in [7, 11) is 1.46. The van der Waals surface area contributed by atoms with Gasteiger partial charge in [0, 0.05) is 5.69 Å². The molecule has 0 aliphatic carbocycles. The number of hydrogen-bond acceptors (Lipinski definition) is 9. The van der Waals surface area contributed by atoms with Crippen molar-refractivity contribution >= 4 is 46.6 Å². The normalized spacial score (nSPS) is 11.3. The van der Waals surface area contributed by atoms with E-state index >= 15 is 0 Å².